The Morgan fingerprint density at radius 3 is 2.35 bits per heavy atom. The smallest absolute Gasteiger partial charge is 0.0639 e. The van der Waals surface area contributed by atoms with Crippen molar-refractivity contribution in [1.29, 1.82) is 0 Å². The number of hydrogen-bond donors (Lipinski definition) is 1. The summed E-state index contributed by atoms with van der Waals surface area (Å²) in [6.07, 6.45) is 4.11. The van der Waals surface area contributed by atoms with Gasteiger partial charge in [-0.2, -0.15) is 12.6 Å². The zero-order valence-electron chi connectivity index (χ0n) is 11.9. The van der Waals surface area contributed by atoms with Gasteiger partial charge in [0.05, 0.1) is 10.7 Å². The Kier molecular flexibility index (Phi) is 4.49. The summed E-state index contributed by atoms with van der Waals surface area (Å²) >= 11 is 10.9. The highest BCUT2D eigenvalue weighted by Gasteiger charge is 2.37. The van der Waals surface area contributed by atoms with Crippen LogP contribution in [0.3, 0.4) is 0 Å². The molecular weight excluding hydrogens is 288 g/mol. The number of thiol groups is 1. The molecule has 0 atom stereocenters. The van der Waals surface area contributed by atoms with E-state index in [2.05, 4.69) is 34.6 Å². The number of rotatable bonds is 4. The lowest BCUT2D eigenvalue weighted by Gasteiger charge is -2.46. The Balaban J connectivity index is 1.56. The van der Waals surface area contributed by atoms with Crippen LogP contribution in [0.2, 0.25) is 5.02 Å². The third-order valence-corrected chi connectivity index (χ3v) is 5.86. The van der Waals surface area contributed by atoms with Crippen LogP contribution in [0.4, 0.5) is 5.69 Å². The SMILES string of the molecule is SCC1(CN2CCN(c3ccccc3Cl)CC2)CCC1. The molecule has 0 amide bonds. The number of nitrogens with zero attached hydrogens (tertiary/aromatic N) is 2. The number of hydrogen-bond acceptors (Lipinski definition) is 3. The van der Waals surface area contributed by atoms with Crippen LogP contribution in [0.15, 0.2) is 24.3 Å². The Hall–Kier alpha value is -0.380. The zero-order valence-corrected chi connectivity index (χ0v) is 13.5. The van der Waals surface area contributed by atoms with Crippen molar-refractivity contribution >= 4 is 29.9 Å². The van der Waals surface area contributed by atoms with Gasteiger partial charge in [0.25, 0.3) is 0 Å². The van der Waals surface area contributed by atoms with Gasteiger partial charge in [-0.05, 0) is 36.1 Å². The van der Waals surface area contributed by atoms with Crippen molar-refractivity contribution in [2.45, 2.75) is 19.3 Å². The van der Waals surface area contributed by atoms with Gasteiger partial charge < -0.3 is 4.90 Å². The highest BCUT2D eigenvalue weighted by Crippen LogP contribution is 2.42. The normalized spacial score (nSPS) is 22.6. The maximum atomic E-state index is 6.29. The number of halogens is 1. The van der Waals surface area contributed by atoms with Gasteiger partial charge in [0.2, 0.25) is 0 Å². The third-order valence-electron chi connectivity index (χ3n) is 4.87. The summed E-state index contributed by atoms with van der Waals surface area (Å²) in [5.74, 6) is 1.04. The van der Waals surface area contributed by atoms with Crippen molar-refractivity contribution < 1.29 is 0 Å². The minimum atomic E-state index is 0.510. The van der Waals surface area contributed by atoms with Gasteiger partial charge in [0.15, 0.2) is 0 Å². The maximum absolute atomic E-state index is 6.29. The molecule has 0 radical (unpaired) electrons. The van der Waals surface area contributed by atoms with E-state index in [1.807, 2.05) is 12.1 Å². The molecule has 1 aliphatic heterocycles. The molecule has 0 N–H and O–H groups in total. The molecule has 2 fully saturated rings. The third kappa shape index (κ3) is 2.95. The monoisotopic (exact) mass is 310 g/mol. The second-order valence-electron chi connectivity index (χ2n) is 6.23. The average molecular weight is 311 g/mol. The molecule has 1 aliphatic carbocycles. The van der Waals surface area contributed by atoms with Crippen molar-refractivity contribution in [2.24, 2.45) is 5.41 Å². The lowest BCUT2D eigenvalue weighted by molar-refractivity contribution is 0.0869. The van der Waals surface area contributed by atoms with E-state index in [0.717, 1.165) is 37.0 Å². The molecule has 1 saturated heterocycles. The van der Waals surface area contributed by atoms with Crippen molar-refractivity contribution in [2.75, 3.05) is 43.4 Å². The van der Waals surface area contributed by atoms with E-state index >= 15 is 0 Å². The lowest BCUT2D eigenvalue weighted by Crippen LogP contribution is -2.52. The van der Waals surface area contributed by atoms with E-state index in [4.69, 9.17) is 11.6 Å². The molecule has 0 bridgehead atoms. The minimum Gasteiger partial charge on any atom is -0.368 e. The van der Waals surface area contributed by atoms with Crippen LogP contribution in [0.1, 0.15) is 19.3 Å². The Bertz CT molecular complexity index is 448. The highest BCUT2D eigenvalue weighted by atomic mass is 35.5. The van der Waals surface area contributed by atoms with E-state index in [1.54, 1.807) is 0 Å². The molecular formula is C16H23ClN2S. The fraction of sp³-hybridized carbons (Fsp3) is 0.625. The summed E-state index contributed by atoms with van der Waals surface area (Å²) in [7, 11) is 0. The fourth-order valence-corrected chi connectivity index (χ4v) is 4.04. The molecule has 2 nitrogen and oxygen atoms in total. The van der Waals surface area contributed by atoms with Gasteiger partial charge in [0, 0.05) is 32.7 Å². The standard InChI is InChI=1S/C16H23ClN2S/c17-14-4-1-2-5-15(14)19-10-8-18(9-11-19)12-16(13-20)6-3-7-16/h1-2,4-5,20H,3,6-13H2. The summed E-state index contributed by atoms with van der Waals surface area (Å²) in [6, 6.07) is 8.17. The molecule has 0 spiro atoms. The molecule has 1 saturated carbocycles. The first kappa shape index (κ1) is 14.6. The van der Waals surface area contributed by atoms with Crippen LogP contribution in [0.5, 0.6) is 0 Å². The maximum Gasteiger partial charge on any atom is 0.0639 e. The van der Waals surface area contributed by atoms with Crippen LogP contribution < -0.4 is 4.90 Å². The first-order valence-corrected chi connectivity index (χ1v) is 8.56. The lowest BCUT2D eigenvalue weighted by atomic mass is 9.70. The molecule has 0 unspecified atom stereocenters. The van der Waals surface area contributed by atoms with Crippen LogP contribution >= 0.6 is 24.2 Å². The van der Waals surface area contributed by atoms with Crippen molar-refractivity contribution in [3.8, 4) is 0 Å². The van der Waals surface area contributed by atoms with Gasteiger partial charge >= 0.3 is 0 Å². The Morgan fingerprint density at radius 1 is 1.10 bits per heavy atom. The quantitative estimate of drug-likeness (QED) is 0.850. The van der Waals surface area contributed by atoms with Crippen LogP contribution in [0, 0.1) is 5.41 Å². The second kappa shape index (κ2) is 6.17. The fourth-order valence-electron chi connectivity index (χ4n) is 3.37. The van der Waals surface area contributed by atoms with Crippen LogP contribution in [-0.2, 0) is 0 Å². The first-order valence-electron chi connectivity index (χ1n) is 7.55. The van der Waals surface area contributed by atoms with Crippen molar-refractivity contribution in [1.82, 2.24) is 4.90 Å². The second-order valence-corrected chi connectivity index (χ2v) is 6.95. The predicted octanol–water partition coefficient (Wildman–Crippen LogP) is 3.56. The first-order chi connectivity index (χ1) is 9.72. The van der Waals surface area contributed by atoms with Gasteiger partial charge in [-0.25, -0.2) is 0 Å². The molecule has 3 rings (SSSR count). The topological polar surface area (TPSA) is 6.48 Å². The number of benzene rings is 1. The van der Waals surface area contributed by atoms with Gasteiger partial charge in [-0.15, -0.1) is 0 Å². The van der Waals surface area contributed by atoms with Crippen molar-refractivity contribution in [3.63, 3.8) is 0 Å². The molecule has 2 aliphatic rings. The largest absolute Gasteiger partial charge is 0.368 e. The molecule has 1 heterocycles. The summed E-state index contributed by atoms with van der Waals surface area (Å²) in [5.41, 5.74) is 1.69. The van der Waals surface area contributed by atoms with Gasteiger partial charge in [-0.1, -0.05) is 30.2 Å². The molecule has 4 heteroatoms. The van der Waals surface area contributed by atoms with E-state index in [0.29, 0.717) is 5.41 Å². The van der Waals surface area contributed by atoms with Crippen LogP contribution in [-0.4, -0.2) is 43.4 Å². The van der Waals surface area contributed by atoms with Gasteiger partial charge in [0.1, 0.15) is 0 Å². The van der Waals surface area contributed by atoms with Crippen LogP contribution in [0.25, 0.3) is 0 Å². The zero-order chi connectivity index (χ0) is 14.0. The summed E-state index contributed by atoms with van der Waals surface area (Å²) in [5, 5.41) is 0.867. The summed E-state index contributed by atoms with van der Waals surface area (Å²) < 4.78 is 0. The van der Waals surface area contributed by atoms with Gasteiger partial charge in [-0.3, -0.25) is 4.90 Å². The summed E-state index contributed by atoms with van der Waals surface area (Å²) in [6.45, 7) is 5.66. The van der Waals surface area contributed by atoms with E-state index < -0.39 is 0 Å². The predicted molar refractivity (Wildman–Crippen MR) is 90.2 cm³/mol. The number of para-hydroxylation sites is 1. The average Bonchev–Trinajstić information content (AvgIpc) is 2.44. The Labute approximate surface area is 132 Å². The summed E-state index contributed by atoms with van der Waals surface area (Å²) in [4.78, 5) is 5.02. The van der Waals surface area contributed by atoms with E-state index in [9.17, 15) is 0 Å². The number of piperazine rings is 1. The Morgan fingerprint density at radius 2 is 1.80 bits per heavy atom. The molecule has 20 heavy (non-hydrogen) atoms. The molecule has 1 aromatic carbocycles. The number of anilines is 1. The molecule has 1 aromatic rings. The van der Waals surface area contributed by atoms with E-state index in [-0.39, 0.29) is 0 Å². The minimum absolute atomic E-state index is 0.510. The molecule has 0 aromatic heterocycles. The highest BCUT2D eigenvalue weighted by molar-refractivity contribution is 7.80. The van der Waals surface area contributed by atoms with Crippen molar-refractivity contribution in [3.05, 3.63) is 29.3 Å². The molecule has 110 valence electrons. The van der Waals surface area contributed by atoms with E-state index in [1.165, 1.54) is 31.5 Å².